The fourth-order valence-electron chi connectivity index (χ4n) is 13.6. The molecule has 0 atom stereocenters. The smallest absolute Gasteiger partial charge is 0.130 e. The fraction of sp³-hybridized carbons (Fsp3) is 0.140. The number of hydrogen-bond acceptors (Lipinski definition) is 14. The minimum atomic E-state index is 0.245. The summed E-state index contributed by atoms with van der Waals surface area (Å²) >= 11 is 0. The molecular weight excluding hydrogens is 1240 g/mol. The van der Waals surface area contributed by atoms with Crippen LogP contribution >= 0.6 is 0 Å². The van der Waals surface area contributed by atoms with E-state index in [2.05, 4.69) is 151 Å². The molecule has 4 aliphatic rings. The predicted molar refractivity (Wildman–Crippen MR) is 393 cm³/mol. The van der Waals surface area contributed by atoms with Gasteiger partial charge in [0.1, 0.15) is 49.4 Å². The molecule has 0 fully saturated rings. The lowest BCUT2D eigenvalue weighted by Crippen LogP contribution is -2.03. The molecule has 14 heteroatoms. The summed E-state index contributed by atoms with van der Waals surface area (Å²) in [5.74, 6) is 3.00. The average molecular weight is 1310 g/mol. The lowest BCUT2D eigenvalue weighted by Gasteiger charge is -2.17. The molecule has 488 valence electrons. The Labute approximate surface area is 581 Å². The first kappa shape index (κ1) is 63.6. The maximum Gasteiger partial charge on any atom is 0.130 e. The van der Waals surface area contributed by atoms with E-state index in [1.54, 1.807) is 6.20 Å². The van der Waals surface area contributed by atoms with Gasteiger partial charge in [0.05, 0.1) is 91.1 Å². The van der Waals surface area contributed by atoms with Crippen LogP contribution in [0.4, 0.5) is 0 Å². The Bertz CT molecular complexity index is 5210. The minimum absolute atomic E-state index is 0.245. The monoisotopic (exact) mass is 1310 g/mol. The summed E-state index contributed by atoms with van der Waals surface area (Å²) in [5.41, 5.74) is 29.1. The van der Waals surface area contributed by atoms with Gasteiger partial charge in [0.15, 0.2) is 0 Å². The number of aromatic nitrogens is 10. The third kappa shape index (κ3) is 13.7. The highest BCUT2D eigenvalue weighted by Gasteiger charge is 2.21. The number of aryl methyl sites for hydroxylation is 8. The lowest BCUT2D eigenvalue weighted by molar-refractivity contribution is 0.300. The van der Waals surface area contributed by atoms with Gasteiger partial charge in [-0.25, -0.2) is 29.9 Å². The van der Waals surface area contributed by atoms with E-state index in [1.807, 2.05) is 134 Å². The molecule has 14 bridgehead atoms. The van der Waals surface area contributed by atoms with E-state index in [0.29, 0.717) is 24.6 Å². The third-order valence-corrected chi connectivity index (χ3v) is 18.0. The van der Waals surface area contributed by atoms with E-state index < -0.39 is 0 Å². The Kier molecular flexibility index (Phi) is 17.6. The average Bonchev–Trinajstić information content (AvgIpc) is 0.788. The molecule has 14 nitrogen and oxygen atoms in total. The number of benzene rings is 4. The zero-order valence-corrected chi connectivity index (χ0v) is 56.9. The zero-order valence-electron chi connectivity index (χ0n) is 56.9. The topological polar surface area (TPSA) is 166 Å². The highest BCUT2D eigenvalue weighted by atomic mass is 16.5. The van der Waals surface area contributed by atoms with Gasteiger partial charge in [-0.2, -0.15) is 0 Å². The van der Waals surface area contributed by atoms with Crippen LogP contribution in [-0.2, 0) is 26.4 Å². The van der Waals surface area contributed by atoms with Gasteiger partial charge in [-0.05, 0) is 314 Å². The van der Waals surface area contributed by atoms with Gasteiger partial charge in [0.2, 0.25) is 0 Å². The fourth-order valence-corrected chi connectivity index (χ4v) is 13.6. The van der Waals surface area contributed by atoms with E-state index in [1.165, 1.54) is 0 Å². The summed E-state index contributed by atoms with van der Waals surface area (Å²) in [5, 5.41) is 0. The molecule has 0 aliphatic carbocycles. The summed E-state index contributed by atoms with van der Waals surface area (Å²) in [6, 6.07) is 69.0. The Morgan fingerprint density at radius 2 is 0.590 bits per heavy atom. The van der Waals surface area contributed by atoms with E-state index in [-0.39, 0.29) is 13.2 Å². The maximum absolute atomic E-state index is 6.60. The SMILES string of the molecule is Cc1cc(OCc2cccc(-c3cccc(COc4cc(C)c(-c5cc6nc(c5)-c5cc(ccn5)-c5c(C)cc(cc5C)OCc5cccc(n5)-c5cccc(n5)COc5cc(C)c(c(C)c5)-c5ccnc-6c5)c(C)c4)n3)n2)cc(C)c1-c1ccnc(-c2cccc(-c3ccccn3)n2)c1. The van der Waals surface area contributed by atoms with Crippen molar-refractivity contribution < 1.29 is 18.9 Å². The first-order valence-electron chi connectivity index (χ1n) is 33.4. The lowest BCUT2D eigenvalue weighted by atomic mass is 9.92. The van der Waals surface area contributed by atoms with Crippen LogP contribution in [0.25, 0.3) is 113 Å². The molecule has 18 rings (SSSR count). The third-order valence-electron chi connectivity index (χ3n) is 18.0. The number of nitrogens with zero attached hydrogens (tertiary/aromatic N) is 10. The highest BCUT2D eigenvalue weighted by Crippen LogP contribution is 2.40. The molecule has 0 unspecified atom stereocenters. The molecule has 0 spiro atoms. The van der Waals surface area contributed by atoms with Crippen LogP contribution in [0.1, 0.15) is 67.3 Å². The van der Waals surface area contributed by atoms with Crippen molar-refractivity contribution in [3.05, 3.63) is 298 Å². The maximum atomic E-state index is 6.60. The van der Waals surface area contributed by atoms with Crippen LogP contribution in [0, 0.1) is 55.4 Å². The molecule has 0 radical (unpaired) electrons. The van der Waals surface area contributed by atoms with E-state index in [0.717, 1.165) is 192 Å². The van der Waals surface area contributed by atoms with Crippen molar-refractivity contribution in [3.63, 3.8) is 0 Å². The molecule has 4 aromatic carbocycles. The number of ether oxygens (including phenoxy) is 4. The quantitative estimate of drug-likeness (QED) is 0.120. The zero-order chi connectivity index (χ0) is 68.4. The summed E-state index contributed by atoms with van der Waals surface area (Å²) in [7, 11) is 0. The molecule has 14 heterocycles. The van der Waals surface area contributed by atoms with E-state index >= 15 is 0 Å². The normalized spacial score (nSPS) is 11.8. The molecule has 0 N–H and O–H groups in total. The molecule has 0 amide bonds. The molecule has 0 saturated heterocycles. The standard InChI is InChI=1S/C86H70N10O4/c1-51-34-67(35-52(2)83(51)59-27-31-88-78(42-59)77-26-15-25-72(95-77)71-20-9-10-30-87-71)97-47-63-16-11-23-75(91-63)76-24-14-19-66(94-76)50-100-70-40-57(7)86(58(8)41-70)62-45-81-79-43-60(28-32-89-79)84-53(3)36-68(37-54(84)4)98-48-64-17-12-21-73(92-64)74-22-13-18-65(93-74)49-99-69-38-55(5)85(56(6)39-69)61-29-33-90-80(44-61)82(46-62)96-81/h9-46H,47-50H2,1-8H3. The van der Waals surface area contributed by atoms with Crippen molar-refractivity contribution in [1.29, 1.82) is 0 Å². The summed E-state index contributed by atoms with van der Waals surface area (Å²) < 4.78 is 26.0. The van der Waals surface area contributed by atoms with Crippen LogP contribution < -0.4 is 18.9 Å². The van der Waals surface area contributed by atoms with Crippen molar-refractivity contribution in [2.24, 2.45) is 0 Å². The second-order valence-electron chi connectivity index (χ2n) is 25.5. The second kappa shape index (κ2) is 27.6. The first-order chi connectivity index (χ1) is 48.7. The molecule has 14 aromatic rings. The Balaban J connectivity index is 0.684. The number of pyridine rings is 10. The van der Waals surface area contributed by atoms with Gasteiger partial charge in [-0.3, -0.25) is 19.9 Å². The van der Waals surface area contributed by atoms with Crippen molar-refractivity contribution >= 4 is 0 Å². The van der Waals surface area contributed by atoms with E-state index in [9.17, 15) is 0 Å². The van der Waals surface area contributed by atoms with Gasteiger partial charge in [0.25, 0.3) is 0 Å². The van der Waals surface area contributed by atoms with Gasteiger partial charge >= 0.3 is 0 Å². The van der Waals surface area contributed by atoms with Crippen molar-refractivity contribution in [3.8, 4) is 136 Å². The highest BCUT2D eigenvalue weighted by molar-refractivity contribution is 5.83. The largest absolute Gasteiger partial charge is 0.487 e. The van der Waals surface area contributed by atoms with Crippen molar-refractivity contribution in [1.82, 2.24) is 49.8 Å². The van der Waals surface area contributed by atoms with Crippen LogP contribution in [0.5, 0.6) is 23.0 Å². The van der Waals surface area contributed by atoms with Gasteiger partial charge < -0.3 is 18.9 Å². The van der Waals surface area contributed by atoms with Crippen LogP contribution in [0.2, 0.25) is 0 Å². The summed E-state index contributed by atoms with van der Waals surface area (Å²) in [6.45, 7) is 18.0. The minimum Gasteiger partial charge on any atom is -0.487 e. The molecule has 10 aromatic heterocycles. The van der Waals surface area contributed by atoms with Crippen LogP contribution in [0.3, 0.4) is 0 Å². The van der Waals surface area contributed by atoms with Crippen molar-refractivity contribution in [2.45, 2.75) is 81.8 Å². The molecule has 100 heavy (non-hydrogen) atoms. The van der Waals surface area contributed by atoms with Gasteiger partial charge in [-0.1, -0.05) is 36.4 Å². The Morgan fingerprint density at radius 3 is 1.01 bits per heavy atom. The van der Waals surface area contributed by atoms with Crippen LogP contribution in [-0.4, -0.2) is 49.8 Å². The predicted octanol–water partition coefficient (Wildman–Crippen LogP) is 19.4. The van der Waals surface area contributed by atoms with Gasteiger partial charge in [0, 0.05) is 24.8 Å². The Hall–Kier alpha value is -12.4. The Morgan fingerprint density at radius 1 is 0.270 bits per heavy atom. The summed E-state index contributed by atoms with van der Waals surface area (Å²) in [6.07, 6.45) is 7.34. The number of hydrogen-bond donors (Lipinski definition) is 0. The number of rotatable bonds is 11. The second-order valence-corrected chi connectivity index (χ2v) is 25.5. The summed E-state index contributed by atoms with van der Waals surface area (Å²) in [4.78, 5) is 49.5. The van der Waals surface area contributed by atoms with E-state index in [4.69, 9.17) is 63.8 Å². The van der Waals surface area contributed by atoms with Crippen LogP contribution in [0.15, 0.2) is 231 Å². The molecule has 0 saturated carbocycles. The first-order valence-corrected chi connectivity index (χ1v) is 33.4. The van der Waals surface area contributed by atoms with Gasteiger partial charge in [-0.15, -0.1) is 0 Å². The molecular formula is C86H70N10O4. The molecule has 4 aliphatic heterocycles. The van der Waals surface area contributed by atoms with Crippen molar-refractivity contribution in [2.75, 3.05) is 0 Å².